The molecule has 5 rings (SSSR count). The molecular formula is C26H34N2O8S2. The van der Waals surface area contributed by atoms with E-state index in [1.165, 1.54) is 24.3 Å². The number of aryl methyl sites for hydroxylation is 2. The summed E-state index contributed by atoms with van der Waals surface area (Å²) in [6.45, 7) is 10.6. The summed E-state index contributed by atoms with van der Waals surface area (Å²) < 4.78 is 84.3. The summed E-state index contributed by atoms with van der Waals surface area (Å²) in [7, 11) is -8.17. The normalized spacial score (nSPS) is 32.1. The average molecular weight is 567 g/mol. The Balaban J connectivity index is 1.58. The Hall–Kier alpha value is -1.90. The van der Waals surface area contributed by atoms with Gasteiger partial charge in [-0.15, -0.1) is 0 Å². The van der Waals surface area contributed by atoms with Crippen LogP contribution >= 0.6 is 0 Å². The molecule has 3 aliphatic rings. The predicted octanol–water partition coefficient (Wildman–Crippen LogP) is 2.35. The molecule has 0 spiro atoms. The van der Waals surface area contributed by atoms with Crippen LogP contribution in [-0.4, -0.2) is 64.9 Å². The molecule has 12 heteroatoms. The van der Waals surface area contributed by atoms with Gasteiger partial charge in [0.15, 0.2) is 11.6 Å². The molecule has 2 N–H and O–H groups in total. The lowest BCUT2D eigenvalue weighted by Gasteiger charge is -2.43. The highest BCUT2D eigenvalue weighted by Gasteiger charge is 2.64. The molecule has 208 valence electrons. The van der Waals surface area contributed by atoms with Crippen LogP contribution in [0, 0.1) is 13.8 Å². The Kier molecular flexibility index (Phi) is 6.80. The van der Waals surface area contributed by atoms with Crippen molar-refractivity contribution in [3.05, 3.63) is 59.7 Å². The maximum atomic E-state index is 13.5. The van der Waals surface area contributed by atoms with E-state index in [1.807, 2.05) is 13.8 Å². The average Bonchev–Trinajstić information content (AvgIpc) is 3.31. The summed E-state index contributed by atoms with van der Waals surface area (Å²) in [5.41, 5.74) is 1.81. The molecule has 2 aliphatic heterocycles. The van der Waals surface area contributed by atoms with Crippen LogP contribution in [0.1, 0.15) is 38.8 Å². The van der Waals surface area contributed by atoms with Crippen LogP contribution in [0.4, 0.5) is 0 Å². The zero-order valence-electron chi connectivity index (χ0n) is 22.2. The molecule has 0 bridgehead atoms. The van der Waals surface area contributed by atoms with Crippen LogP contribution in [-0.2, 0) is 39.0 Å². The van der Waals surface area contributed by atoms with Crippen molar-refractivity contribution < 1.29 is 35.8 Å². The van der Waals surface area contributed by atoms with Gasteiger partial charge in [0, 0.05) is 0 Å². The Morgan fingerprint density at radius 1 is 0.553 bits per heavy atom. The highest BCUT2D eigenvalue weighted by Crippen LogP contribution is 2.45. The zero-order chi connectivity index (χ0) is 27.7. The van der Waals surface area contributed by atoms with E-state index in [9.17, 15) is 16.8 Å². The number of ether oxygens (including phenoxy) is 4. The first kappa shape index (κ1) is 27.7. The number of nitrogens with one attached hydrogen (secondary N) is 2. The summed E-state index contributed by atoms with van der Waals surface area (Å²) in [4.78, 5) is 0.0908. The minimum Gasteiger partial charge on any atom is -0.343 e. The van der Waals surface area contributed by atoms with E-state index >= 15 is 0 Å². The highest BCUT2D eigenvalue weighted by atomic mass is 32.2. The summed E-state index contributed by atoms with van der Waals surface area (Å²) >= 11 is 0. The van der Waals surface area contributed by atoms with Crippen molar-refractivity contribution in [3.8, 4) is 0 Å². The van der Waals surface area contributed by atoms with Gasteiger partial charge in [-0.05, 0) is 65.8 Å². The molecule has 0 unspecified atom stereocenters. The molecule has 2 aromatic rings. The summed E-state index contributed by atoms with van der Waals surface area (Å²) in [6.07, 6.45) is -3.14. The predicted molar refractivity (Wildman–Crippen MR) is 138 cm³/mol. The molecule has 0 amide bonds. The molecule has 38 heavy (non-hydrogen) atoms. The SMILES string of the molecule is Cc1ccc(S(=O)(=O)N[C@@H]2[C@@H](NS(=O)(=O)c3ccc(C)cc3)[C@@H]3OC(C)(C)O[C@@H]3[C@H]3OC(C)(C)O[C@@H]23)cc1. The van der Waals surface area contributed by atoms with Gasteiger partial charge in [-0.2, -0.15) is 0 Å². The van der Waals surface area contributed by atoms with E-state index in [0.717, 1.165) is 11.1 Å². The van der Waals surface area contributed by atoms with E-state index < -0.39 is 68.1 Å². The van der Waals surface area contributed by atoms with Crippen LogP contribution in [0.5, 0.6) is 0 Å². The van der Waals surface area contributed by atoms with E-state index in [-0.39, 0.29) is 9.79 Å². The molecule has 3 fully saturated rings. The second-order valence-electron chi connectivity index (χ2n) is 11.0. The molecule has 2 saturated heterocycles. The van der Waals surface area contributed by atoms with Gasteiger partial charge in [-0.3, -0.25) is 0 Å². The fourth-order valence-electron chi connectivity index (χ4n) is 5.32. The summed E-state index contributed by atoms with van der Waals surface area (Å²) in [6, 6.07) is 10.6. The molecular weight excluding hydrogens is 532 g/mol. The van der Waals surface area contributed by atoms with Crippen molar-refractivity contribution in [1.29, 1.82) is 0 Å². The van der Waals surface area contributed by atoms with E-state index in [1.54, 1.807) is 52.0 Å². The van der Waals surface area contributed by atoms with Crippen molar-refractivity contribution in [2.75, 3.05) is 0 Å². The Morgan fingerprint density at radius 2 is 0.842 bits per heavy atom. The van der Waals surface area contributed by atoms with E-state index in [0.29, 0.717) is 0 Å². The number of hydrogen-bond donors (Lipinski definition) is 2. The number of hydrogen-bond acceptors (Lipinski definition) is 8. The van der Waals surface area contributed by atoms with Crippen molar-refractivity contribution >= 4 is 20.0 Å². The number of fused-ring (bicyclic) bond motifs is 3. The van der Waals surface area contributed by atoms with Crippen LogP contribution in [0.2, 0.25) is 0 Å². The van der Waals surface area contributed by atoms with Gasteiger partial charge in [0.2, 0.25) is 20.0 Å². The lowest BCUT2D eigenvalue weighted by Crippen LogP contribution is -2.70. The van der Waals surface area contributed by atoms with Gasteiger partial charge >= 0.3 is 0 Å². The van der Waals surface area contributed by atoms with Crippen LogP contribution < -0.4 is 9.44 Å². The standard InChI is InChI=1S/C26H34N2O8S2/c1-15-7-11-17(12-8-15)37(29,30)27-19-20(28-38(31,32)18-13-9-16(2)10-14-18)22-24(36-26(5,6)34-22)23-21(19)33-25(3,4)35-23/h7-14,19-24,27-28H,1-6H3/t19-,20-,21+,22+,23+,24+/m1/s1. The van der Waals surface area contributed by atoms with Crippen LogP contribution in [0.3, 0.4) is 0 Å². The smallest absolute Gasteiger partial charge is 0.240 e. The third kappa shape index (κ3) is 5.28. The molecule has 6 atom stereocenters. The molecule has 0 aromatic heterocycles. The van der Waals surface area contributed by atoms with Crippen LogP contribution in [0.25, 0.3) is 0 Å². The van der Waals surface area contributed by atoms with Crippen molar-refractivity contribution in [2.24, 2.45) is 0 Å². The van der Waals surface area contributed by atoms with Gasteiger partial charge < -0.3 is 18.9 Å². The van der Waals surface area contributed by atoms with Crippen LogP contribution in [0.15, 0.2) is 58.3 Å². The van der Waals surface area contributed by atoms with E-state index in [4.69, 9.17) is 18.9 Å². The quantitative estimate of drug-likeness (QED) is 0.545. The second kappa shape index (κ2) is 9.34. The monoisotopic (exact) mass is 566 g/mol. The maximum Gasteiger partial charge on any atom is 0.240 e. The Bertz CT molecular complexity index is 1300. The molecule has 2 aromatic carbocycles. The Morgan fingerprint density at radius 3 is 1.16 bits per heavy atom. The lowest BCUT2D eigenvalue weighted by atomic mass is 9.82. The molecule has 2 heterocycles. The first-order valence-electron chi connectivity index (χ1n) is 12.5. The topological polar surface area (TPSA) is 129 Å². The van der Waals surface area contributed by atoms with Gasteiger partial charge in [0.05, 0.1) is 21.9 Å². The minimum absolute atomic E-state index is 0.0454. The second-order valence-corrected chi connectivity index (χ2v) is 14.5. The van der Waals surface area contributed by atoms with Gasteiger partial charge in [0.25, 0.3) is 0 Å². The van der Waals surface area contributed by atoms with Crippen molar-refractivity contribution in [2.45, 2.75) is 99.4 Å². The highest BCUT2D eigenvalue weighted by molar-refractivity contribution is 7.90. The van der Waals surface area contributed by atoms with E-state index in [2.05, 4.69) is 9.44 Å². The fourth-order valence-corrected chi connectivity index (χ4v) is 7.86. The summed E-state index contributed by atoms with van der Waals surface area (Å²) in [5.74, 6) is -2.12. The summed E-state index contributed by atoms with van der Waals surface area (Å²) in [5, 5.41) is 0. The zero-order valence-corrected chi connectivity index (χ0v) is 23.8. The number of rotatable bonds is 6. The maximum absolute atomic E-state index is 13.5. The van der Waals surface area contributed by atoms with Crippen molar-refractivity contribution in [3.63, 3.8) is 0 Å². The van der Waals surface area contributed by atoms with Gasteiger partial charge in [-0.25, -0.2) is 26.3 Å². The fraction of sp³-hybridized carbons (Fsp3) is 0.538. The Labute approximate surface area is 224 Å². The minimum atomic E-state index is -4.09. The third-order valence-electron chi connectivity index (χ3n) is 6.99. The number of benzene rings is 2. The third-order valence-corrected chi connectivity index (χ3v) is 9.94. The molecule has 10 nitrogen and oxygen atoms in total. The van der Waals surface area contributed by atoms with Gasteiger partial charge in [0.1, 0.15) is 24.4 Å². The lowest BCUT2D eigenvalue weighted by molar-refractivity contribution is -0.176. The molecule has 1 saturated carbocycles. The largest absolute Gasteiger partial charge is 0.343 e. The number of sulfonamides is 2. The first-order chi connectivity index (χ1) is 17.6. The molecule has 1 aliphatic carbocycles. The molecule has 0 radical (unpaired) electrons. The first-order valence-corrected chi connectivity index (χ1v) is 15.4. The van der Waals surface area contributed by atoms with Crippen molar-refractivity contribution in [1.82, 2.24) is 9.44 Å². The van der Waals surface area contributed by atoms with Gasteiger partial charge in [-0.1, -0.05) is 35.4 Å².